The highest BCUT2D eigenvalue weighted by molar-refractivity contribution is 5.77. The molecule has 0 spiro atoms. The van der Waals surface area contributed by atoms with Crippen LogP contribution < -0.4 is 5.32 Å². The minimum Gasteiger partial charge on any atom is -0.356 e. The molecule has 0 fully saturated rings. The molecule has 0 aliphatic heterocycles. The van der Waals surface area contributed by atoms with Gasteiger partial charge in [-0.3, -0.25) is 4.79 Å². The van der Waals surface area contributed by atoms with Crippen molar-refractivity contribution in [2.45, 2.75) is 66.7 Å². The fourth-order valence-electron chi connectivity index (χ4n) is 1.27. The van der Waals surface area contributed by atoms with Crippen LogP contribution in [0.3, 0.4) is 0 Å². The molecule has 102 valence electrons. The lowest BCUT2D eigenvalue weighted by Crippen LogP contribution is -2.28. The Labute approximate surface area is 106 Å². The van der Waals surface area contributed by atoms with Gasteiger partial charge in [-0.25, -0.2) is 0 Å². The van der Waals surface area contributed by atoms with E-state index in [1.54, 1.807) is 6.92 Å². The first kappa shape index (κ1) is 18.5. The van der Waals surface area contributed by atoms with Crippen LogP contribution in [0, 0.1) is 5.92 Å². The maximum atomic E-state index is 11.2. The summed E-state index contributed by atoms with van der Waals surface area (Å²) in [7, 11) is 0. The topological polar surface area (TPSA) is 46.2 Å². The molecule has 17 heavy (non-hydrogen) atoms. The van der Waals surface area contributed by atoms with Crippen LogP contribution in [-0.4, -0.2) is 18.2 Å². The predicted molar refractivity (Wildman–Crippen MR) is 73.0 cm³/mol. The third kappa shape index (κ3) is 15.1. The van der Waals surface area contributed by atoms with E-state index >= 15 is 0 Å². The second kappa shape index (κ2) is 13.2. The highest BCUT2D eigenvalue weighted by Gasteiger charge is 2.04. The highest BCUT2D eigenvalue weighted by Crippen LogP contribution is 2.02. The summed E-state index contributed by atoms with van der Waals surface area (Å²) in [5.74, 6) is 0.463. The molecule has 0 aromatic carbocycles. The van der Waals surface area contributed by atoms with E-state index in [4.69, 9.17) is 0 Å². The van der Waals surface area contributed by atoms with Crippen molar-refractivity contribution in [2.24, 2.45) is 5.92 Å². The first-order valence-corrected chi connectivity index (χ1v) is 6.81. The number of hydrogen-bond donors (Lipinski definition) is 1. The van der Waals surface area contributed by atoms with Crippen LogP contribution in [0.15, 0.2) is 0 Å². The number of hydrogen-bond acceptors (Lipinski definition) is 2. The largest absolute Gasteiger partial charge is 0.356 e. The average Bonchev–Trinajstić information content (AvgIpc) is 2.29. The number of amides is 1. The third-order valence-corrected chi connectivity index (χ3v) is 2.28. The molecular weight excluding hydrogens is 214 g/mol. The Morgan fingerprint density at radius 1 is 1.00 bits per heavy atom. The van der Waals surface area contributed by atoms with Gasteiger partial charge in [-0.2, -0.15) is 0 Å². The predicted octanol–water partition coefficient (Wildman–Crippen LogP) is 3.32. The number of rotatable bonds is 8. The van der Waals surface area contributed by atoms with E-state index < -0.39 is 0 Å². The third-order valence-electron chi connectivity index (χ3n) is 2.28. The van der Waals surface area contributed by atoms with Crippen LogP contribution in [-0.2, 0) is 9.59 Å². The van der Waals surface area contributed by atoms with Gasteiger partial charge in [-0.1, -0.05) is 40.5 Å². The van der Waals surface area contributed by atoms with Gasteiger partial charge in [0, 0.05) is 18.9 Å². The van der Waals surface area contributed by atoms with Crippen LogP contribution >= 0.6 is 0 Å². The number of ketones is 1. The van der Waals surface area contributed by atoms with E-state index in [1.807, 2.05) is 27.7 Å². The molecule has 0 rings (SSSR count). The van der Waals surface area contributed by atoms with Crippen molar-refractivity contribution in [3.63, 3.8) is 0 Å². The van der Waals surface area contributed by atoms with Gasteiger partial charge in [-0.15, -0.1) is 0 Å². The van der Waals surface area contributed by atoms with Gasteiger partial charge in [0.25, 0.3) is 0 Å². The standard InChI is InChI=1S/C12H23NO2.C2H6/c1-10(2)12(15)13-9-7-5-4-6-8-11(3)14;1-2/h10H,4-9H2,1-3H3,(H,13,15);1-2H3. The summed E-state index contributed by atoms with van der Waals surface area (Å²) in [4.78, 5) is 21.8. The Bertz CT molecular complexity index is 200. The molecular formula is C14H29NO2. The van der Waals surface area contributed by atoms with Crippen molar-refractivity contribution in [3.8, 4) is 0 Å². The fraction of sp³-hybridized carbons (Fsp3) is 0.857. The molecule has 3 heteroatoms. The van der Waals surface area contributed by atoms with Gasteiger partial charge < -0.3 is 10.1 Å². The first-order valence-electron chi connectivity index (χ1n) is 6.81. The monoisotopic (exact) mass is 243 g/mol. The normalized spacial score (nSPS) is 9.53. The molecule has 0 aliphatic carbocycles. The van der Waals surface area contributed by atoms with Crippen LogP contribution in [0.2, 0.25) is 0 Å². The molecule has 0 unspecified atom stereocenters. The van der Waals surface area contributed by atoms with Crippen molar-refractivity contribution in [2.75, 3.05) is 6.54 Å². The molecule has 0 atom stereocenters. The van der Waals surface area contributed by atoms with Gasteiger partial charge in [-0.05, 0) is 19.8 Å². The maximum Gasteiger partial charge on any atom is 0.222 e. The molecule has 1 N–H and O–H groups in total. The van der Waals surface area contributed by atoms with E-state index in [9.17, 15) is 9.59 Å². The Morgan fingerprint density at radius 2 is 1.53 bits per heavy atom. The van der Waals surface area contributed by atoms with Crippen molar-refractivity contribution < 1.29 is 9.59 Å². The Hall–Kier alpha value is -0.860. The molecule has 0 aromatic rings. The zero-order valence-electron chi connectivity index (χ0n) is 12.1. The summed E-state index contributed by atoms with van der Waals surface area (Å²) in [6, 6.07) is 0. The lowest BCUT2D eigenvalue weighted by atomic mass is 10.1. The summed E-state index contributed by atoms with van der Waals surface area (Å²) < 4.78 is 0. The number of Topliss-reactive ketones (excluding diaryl/α,β-unsaturated/α-hetero) is 1. The zero-order chi connectivity index (χ0) is 13.7. The van der Waals surface area contributed by atoms with Crippen LogP contribution in [0.4, 0.5) is 0 Å². The molecule has 3 nitrogen and oxygen atoms in total. The minimum absolute atomic E-state index is 0.0720. The number of unbranched alkanes of at least 4 members (excludes halogenated alkanes) is 3. The van der Waals surface area contributed by atoms with E-state index in [0.29, 0.717) is 6.42 Å². The van der Waals surface area contributed by atoms with Crippen LogP contribution in [0.1, 0.15) is 66.7 Å². The van der Waals surface area contributed by atoms with Crippen molar-refractivity contribution in [3.05, 3.63) is 0 Å². The summed E-state index contributed by atoms with van der Waals surface area (Å²) in [6.07, 6.45) is 4.85. The van der Waals surface area contributed by atoms with E-state index in [-0.39, 0.29) is 17.6 Å². The van der Waals surface area contributed by atoms with Gasteiger partial charge >= 0.3 is 0 Å². The van der Waals surface area contributed by atoms with Crippen LogP contribution in [0.5, 0.6) is 0 Å². The first-order chi connectivity index (χ1) is 8.04. The van der Waals surface area contributed by atoms with Crippen molar-refractivity contribution in [1.82, 2.24) is 5.32 Å². The minimum atomic E-state index is 0.0720. The lowest BCUT2D eigenvalue weighted by Gasteiger charge is -2.06. The quantitative estimate of drug-likeness (QED) is 0.665. The molecule has 0 bridgehead atoms. The van der Waals surface area contributed by atoms with Gasteiger partial charge in [0.1, 0.15) is 5.78 Å². The fourth-order valence-corrected chi connectivity index (χ4v) is 1.27. The number of nitrogens with one attached hydrogen (secondary N) is 1. The maximum absolute atomic E-state index is 11.2. The molecule has 0 aliphatic rings. The molecule has 0 radical (unpaired) electrons. The van der Waals surface area contributed by atoms with Crippen molar-refractivity contribution in [1.29, 1.82) is 0 Å². The summed E-state index contributed by atoms with van der Waals surface area (Å²) in [6.45, 7) is 10.2. The summed E-state index contributed by atoms with van der Waals surface area (Å²) in [5, 5.41) is 2.88. The number of carbonyl (C=O) groups excluding carboxylic acids is 2. The molecule has 0 heterocycles. The van der Waals surface area contributed by atoms with E-state index in [0.717, 1.165) is 32.2 Å². The van der Waals surface area contributed by atoms with Gasteiger partial charge in [0.2, 0.25) is 5.91 Å². The van der Waals surface area contributed by atoms with Gasteiger partial charge in [0.15, 0.2) is 0 Å². The second-order valence-electron chi connectivity index (χ2n) is 4.31. The zero-order valence-corrected chi connectivity index (χ0v) is 12.1. The summed E-state index contributed by atoms with van der Waals surface area (Å²) >= 11 is 0. The molecule has 0 saturated carbocycles. The van der Waals surface area contributed by atoms with Crippen molar-refractivity contribution >= 4 is 11.7 Å². The second-order valence-corrected chi connectivity index (χ2v) is 4.31. The Morgan fingerprint density at radius 3 is 2.00 bits per heavy atom. The van der Waals surface area contributed by atoms with E-state index in [1.165, 1.54) is 0 Å². The SMILES string of the molecule is CC.CC(=O)CCCCCCNC(=O)C(C)C. The highest BCUT2D eigenvalue weighted by atomic mass is 16.1. The van der Waals surface area contributed by atoms with Crippen LogP contribution in [0.25, 0.3) is 0 Å². The summed E-state index contributed by atoms with van der Waals surface area (Å²) in [5.41, 5.74) is 0. The smallest absolute Gasteiger partial charge is 0.222 e. The molecule has 1 amide bonds. The van der Waals surface area contributed by atoms with Gasteiger partial charge in [0.05, 0.1) is 0 Å². The Kier molecular flexibility index (Phi) is 14.4. The number of carbonyl (C=O) groups is 2. The molecule has 0 saturated heterocycles. The molecule has 0 aromatic heterocycles. The lowest BCUT2D eigenvalue weighted by molar-refractivity contribution is -0.124. The van der Waals surface area contributed by atoms with E-state index in [2.05, 4.69) is 5.32 Å². The Balaban J connectivity index is 0. The average molecular weight is 243 g/mol.